The van der Waals surface area contributed by atoms with E-state index >= 15 is 0 Å². The largest absolute Gasteiger partial charge is 0.459 e. The van der Waals surface area contributed by atoms with Crippen molar-refractivity contribution in [2.24, 2.45) is 5.41 Å². The molecule has 0 bridgehead atoms. The highest BCUT2D eigenvalue weighted by Crippen LogP contribution is 2.41. The molecular weight excluding hydrogens is 334 g/mol. The van der Waals surface area contributed by atoms with Gasteiger partial charge in [0.25, 0.3) is 0 Å². The number of ether oxygens (including phenoxy) is 3. The summed E-state index contributed by atoms with van der Waals surface area (Å²) in [7, 11) is 1.53. The molecule has 2 atom stereocenters. The Labute approximate surface area is 155 Å². The first-order valence-electron chi connectivity index (χ1n) is 8.80. The summed E-state index contributed by atoms with van der Waals surface area (Å²) in [5.41, 5.74) is -0.173. The Hall–Kier alpha value is -2.08. The minimum atomic E-state index is -0.742. The van der Waals surface area contributed by atoms with Crippen molar-refractivity contribution < 1.29 is 23.8 Å². The third kappa shape index (κ3) is 4.75. The van der Waals surface area contributed by atoms with E-state index < -0.39 is 35.3 Å². The normalized spacial score (nSPS) is 22.2. The van der Waals surface area contributed by atoms with Crippen LogP contribution in [0.25, 0.3) is 0 Å². The van der Waals surface area contributed by atoms with Gasteiger partial charge in [-0.1, -0.05) is 44.2 Å². The Kier molecular flexibility index (Phi) is 5.96. The van der Waals surface area contributed by atoms with Gasteiger partial charge in [0.05, 0.1) is 0 Å². The molecular formula is C20H29NO5. The first-order chi connectivity index (χ1) is 12.0. The lowest BCUT2D eigenvalue weighted by Gasteiger charge is -2.33. The number of amides is 1. The first kappa shape index (κ1) is 20.2. The van der Waals surface area contributed by atoms with Crippen LogP contribution in [0.4, 0.5) is 4.79 Å². The average Bonchev–Trinajstić information content (AvgIpc) is 2.82. The molecule has 1 fully saturated rings. The highest BCUT2D eigenvalue weighted by molar-refractivity contribution is 5.82. The Morgan fingerprint density at radius 2 is 1.81 bits per heavy atom. The third-order valence-electron chi connectivity index (χ3n) is 4.30. The molecule has 6 nitrogen and oxygen atoms in total. The average molecular weight is 363 g/mol. The highest BCUT2D eigenvalue weighted by Gasteiger charge is 2.53. The molecule has 0 aliphatic carbocycles. The predicted octanol–water partition coefficient (Wildman–Crippen LogP) is 3.74. The van der Waals surface area contributed by atoms with Crippen molar-refractivity contribution in [2.45, 2.75) is 65.5 Å². The van der Waals surface area contributed by atoms with Crippen LogP contribution in [-0.2, 0) is 25.6 Å². The molecule has 0 radical (unpaired) electrons. The van der Waals surface area contributed by atoms with E-state index in [1.165, 1.54) is 12.0 Å². The van der Waals surface area contributed by atoms with Crippen molar-refractivity contribution in [1.29, 1.82) is 0 Å². The number of hydrogen-bond acceptors (Lipinski definition) is 5. The van der Waals surface area contributed by atoms with Gasteiger partial charge in [0.2, 0.25) is 0 Å². The second-order valence-electron chi connectivity index (χ2n) is 8.28. The molecule has 6 heteroatoms. The van der Waals surface area contributed by atoms with Crippen molar-refractivity contribution in [3.8, 4) is 0 Å². The van der Waals surface area contributed by atoms with Crippen LogP contribution in [-0.4, -0.2) is 41.9 Å². The number of carbonyl (C=O) groups excluding carboxylic acids is 2. The maximum Gasteiger partial charge on any atom is 0.413 e. The van der Waals surface area contributed by atoms with Crippen molar-refractivity contribution in [3.05, 3.63) is 35.9 Å². The number of rotatable bonds is 4. The zero-order valence-electron chi connectivity index (χ0n) is 16.4. The molecule has 0 aromatic heterocycles. The quantitative estimate of drug-likeness (QED) is 0.763. The molecule has 1 amide bonds. The number of nitrogens with zero attached hydrogens (tertiary/aromatic N) is 1. The zero-order valence-corrected chi connectivity index (χ0v) is 16.4. The van der Waals surface area contributed by atoms with E-state index in [1.54, 1.807) is 20.8 Å². The smallest absolute Gasteiger partial charge is 0.413 e. The second-order valence-corrected chi connectivity index (χ2v) is 8.28. The fourth-order valence-corrected chi connectivity index (χ4v) is 3.23. The van der Waals surface area contributed by atoms with Crippen LogP contribution in [0.3, 0.4) is 0 Å². The molecule has 1 aromatic carbocycles. The third-order valence-corrected chi connectivity index (χ3v) is 4.30. The van der Waals surface area contributed by atoms with E-state index in [4.69, 9.17) is 14.2 Å². The standard InChI is InChI=1S/C20H29NO5/c1-19(2,3)26-18(23)21-15(12-20(4,5)17(21)24-6)16(22)25-13-14-10-8-7-9-11-14/h7-11,15,17H,12-13H2,1-6H3/t15-,17?/m0/s1. The molecule has 2 rings (SSSR count). The second kappa shape index (κ2) is 7.66. The van der Waals surface area contributed by atoms with Gasteiger partial charge in [0.1, 0.15) is 24.5 Å². The van der Waals surface area contributed by atoms with Crippen LogP contribution in [0, 0.1) is 5.41 Å². The molecule has 1 unspecified atom stereocenters. The maximum absolute atomic E-state index is 12.7. The summed E-state index contributed by atoms with van der Waals surface area (Å²) in [6.07, 6.45) is -0.693. The molecule has 1 aliphatic heterocycles. The van der Waals surface area contributed by atoms with Gasteiger partial charge >= 0.3 is 12.1 Å². The Morgan fingerprint density at radius 3 is 2.35 bits per heavy atom. The summed E-state index contributed by atoms with van der Waals surface area (Å²) in [5, 5.41) is 0. The maximum atomic E-state index is 12.7. The van der Waals surface area contributed by atoms with Crippen LogP contribution in [0.1, 0.15) is 46.6 Å². The molecule has 0 spiro atoms. The van der Waals surface area contributed by atoms with Crippen molar-refractivity contribution in [3.63, 3.8) is 0 Å². The van der Waals surface area contributed by atoms with Gasteiger partial charge in [-0.3, -0.25) is 4.90 Å². The van der Waals surface area contributed by atoms with Crippen LogP contribution in [0.2, 0.25) is 0 Å². The minimum absolute atomic E-state index is 0.163. The van der Waals surface area contributed by atoms with E-state index in [9.17, 15) is 9.59 Å². The first-order valence-corrected chi connectivity index (χ1v) is 8.80. The summed E-state index contributed by atoms with van der Waals surface area (Å²) in [4.78, 5) is 26.8. The lowest BCUT2D eigenvalue weighted by Crippen LogP contribution is -2.49. The minimum Gasteiger partial charge on any atom is -0.459 e. The Balaban J connectivity index is 2.17. The highest BCUT2D eigenvalue weighted by atomic mass is 16.6. The summed E-state index contributed by atoms with van der Waals surface area (Å²) in [6, 6.07) is 8.70. The van der Waals surface area contributed by atoms with E-state index in [-0.39, 0.29) is 6.61 Å². The van der Waals surface area contributed by atoms with Crippen LogP contribution < -0.4 is 0 Å². The molecule has 26 heavy (non-hydrogen) atoms. The number of methoxy groups -OCH3 is 1. The van der Waals surface area contributed by atoms with E-state index in [0.29, 0.717) is 6.42 Å². The molecule has 144 valence electrons. The van der Waals surface area contributed by atoms with Gasteiger partial charge in [-0.25, -0.2) is 9.59 Å². The van der Waals surface area contributed by atoms with E-state index in [2.05, 4.69) is 0 Å². The van der Waals surface area contributed by atoms with Gasteiger partial charge in [-0.05, 0) is 32.8 Å². The van der Waals surface area contributed by atoms with Gasteiger partial charge < -0.3 is 14.2 Å². The Morgan fingerprint density at radius 1 is 1.19 bits per heavy atom. The number of carbonyl (C=O) groups is 2. The SMILES string of the molecule is COC1N(C(=O)OC(C)(C)C)[C@H](C(=O)OCc2ccccc2)CC1(C)C. The predicted molar refractivity (Wildman–Crippen MR) is 97.3 cm³/mol. The number of hydrogen-bond donors (Lipinski definition) is 0. The fraction of sp³-hybridized carbons (Fsp3) is 0.600. The monoisotopic (exact) mass is 363 g/mol. The van der Waals surface area contributed by atoms with Crippen LogP contribution in [0.15, 0.2) is 30.3 Å². The zero-order chi connectivity index (χ0) is 19.5. The van der Waals surface area contributed by atoms with Crippen molar-refractivity contribution in [1.82, 2.24) is 4.90 Å². The lowest BCUT2D eigenvalue weighted by atomic mass is 9.89. The fourth-order valence-electron chi connectivity index (χ4n) is 3.23. The summed E-state index contributed by atoms with van der Waals surface area (Å²) < 4.78 is 16.5. The molecule has 1 aliphatic rings. The molecule has 0 saturated carbocycles. The summed E-state index contributed by atoms with van der Waals surface area (Å²) >= 11 is 0. The topological polar surface area (TPSA) is 65.1 Å². The number of esters is 1. The number of benzene rings is 1. The lowest BCUT2D eigenvalue weighted by molar-refractivity contribution is -0.153. The molecule has 1 saturated heterocycles. The summed E-state index contributed by atoms with van der Waals surface area (Å²) in [6.45, 7) is 9.45. The molecule has 1 heterocycles. The van der Waals surface area contributed by atoms with Gasteiger partial charge in [0.15, 0.2) is 0 Å². The van der Waals surface area contributed by atoms with Gasteiger partial charge in [0, 0.05) is 12.5 Å². The van der Waals surface area contributed by atoms with Crippen LogP contribution in [0.5, 0.6) is 0 Å². The molecule has 1 aromatic rings. The van der Waals surface area contributed by atoms with E-state index in [0.717, 1.165) is 5.56 Å². The summed E-state index contributed by atoms with van der Waals surface area (Å²) in [5.74, 6) is -0.452. The Bertz CT molecular complexity index is 635. The van der Waals surface area contributed by atoms with E-state index in [1.807, 2.05) is 44.2 Å². The number of likely N-dealkylation sites (tertiary alicyclic amines) is 1. The molecule has 0 N–H and O–H groups in total. The van der Waals surface area contributed by atoms with Gasteiger partial charge in [-0.2, -0.15) is 0 Å². The van der Waals surface area contributed by atoms with Crippen LogP contribution >= 0.6 is 0 Å². The van der Waals surface area contributed by atoms with Crippen molar-refractivity contribution >= 4 is 12.1 Å². The van der Waals surface area contributed by atoms with Gasteiger partial charge in [-0.15, -0.1) is 0 Å². The van der Waals surface area contributed by atoms with Crippen molar-refractivity contribution in [2.75, 3.05) is 7.11 Å².